The fraction of sp³-hybridized carbons (Fsp3) is 0.558. The Morgan fingerprint density at radius 3 is 0.511 bits per heavy atom. The van der Waals surface area contributed by atoms with Crippen LogP contribution in [-0.2, 0) is 25.7 Å². The fourth-order valence-corrected chi connectivity index (χ4v) is 16.0. The van der Waals surface area contributed by atoms with Crippen LogP contribution < -0.4 is 0 Å². The largest absolute Gasteiger partial charge is 0.289 e. The van der Waals surface area contributed by atoms with E-state index in [2.05, 4.69) is 125 Å². The van der Waals surface area contributed by atoms with Gasteiger partial charge >= 0.3 is 0 Å². The quantitative estimate of drug-likeness (QED) is 0.0282. The zero-order valence-corrected chi connectivity index (χ0v) is 56.2. The molecule has 1 aliphatic rings. The second-order valence-corrected chi connectivity index (χ2v) is 27.5. The fourth-order valence-electron chi connectivity index (χ4n) is 16.0. The predicted molar refractivity (Wildman–Crippen MR) is 387 cm³/mol. The molecule has 0 saturated carbocycles. The van der Waals surface area contributed by atoms with E-state index >= 15 is 9.59 Å². The number of carbonyl (C=O) groups is 2. The molecule has 0 N–H and O–H groups in total. The topological polar surface area (TPSA) is 34.1 Å². The molecule has 0 unspecified atom stereocenters. The summed E-state index contributed by atoms with van der Waals surface area (Å²) < 4.78 is 0. The average molecular weight is 1180 g/mol. The van der Waals surface area contributed by atoms with Crippen molar-refractivity contribution in [2.45, 2.75) is 310 Å². The molecule has 0 atom stereocenters. The van der Waals surface area contributed by atoms with Gasteiger partial charge in [0, 0.05) is 22.3 Å². The first-order valence-electron chi connectivity index (χ1n) is 37.5. The number of benzene rings is 8. The van der Waals surface area contributed by atoms with Crippen LogP contribution in [0.2, 0.25) is 0 Å². The van der Waals surface area contributed by atoms with Gasteiger partial charge in [0.2, 0.25) is 0 Å². The maximum absolute atomic E-state index is 17.4. The van der Waals surface area contributed by atoms with Crippen LogP contribution in [0.1, 0.15) is 339 Å². The van der Waals surface area contributed by atoms with E-state index in [-0.39, 0.29) is 11.6 Å². The Kier molecular flexibility index (Phi) is 27.8. The molecule has 0 heterocycles. The number of carbonyl (C=O) groups excluding carboxylic acids is 2. The van der Waals surface area contributed by atoms with Gasteiger partial charge in [0.25, 0.3) is 0 Å². The van der Waals surface area contributed by atoms with E-state index in [1.165, 1.54) is 270 Å². The van der Waals surface area contributed by atoms with Crippen LogP contribution in [0.25, 0.3) is 64.6 Å². The van der Waals surface area contributed by atoms with Gasteiger partial charge in [-0.05, 0) is 138 Å². The molecule has 0 bridgehead atoms. The minimum absolute atomic E-state index is 0.140. The summed E-state index contributed by atoms with van der Waals surface area (Å²) in [5.41, 5.74) is 7.64. The summed E-state index contributed by atoms with van der Waals surface area (Å²) in [6.07, 6.45) is 53.5. The Hall–Kier alpha value is -5.34. The van der Waals surface area contributed by atoms with Crippen molar-refractivity contribution in [3.05, 3.63) is 142 Å². The van der Waals surface area contributed by atoms with Gasteiger partial charge < -0.3 is 0 Å². The van der Waals surface area contributed by atoms with Gasteiger partial charge in [-0.1, -0.05) is 356 Å². The number of ketones is 2. The first kappa shape index (κ1) is 67.1. The lowest BCUT2D eigenvalue weighted by Gasteiger charge is -2.31. The summed E-state index contributed by atoms with van der Waals surface area (Å²) in [6.45, 7) is 9.23. The Morgan fingerprint density at radius 1 is 0.193 bits per heavy atom. The number of unbranched alkanes of at least 4 members (excludes halogenated alkanes) is 36. The molecule has 8 aromatic rings. The van der Waals surface area contributed by atoms with Gasteiger partial charge in [-0.25, -0.2) is 0 Å². The van der Waals surface area contributed by atoms with Crippen molar-refractivity contribution in [1.29, 1.82) is 0 Å². The van der Waals surface area contributed by atoms with Crippen molar-refractivity contribution in [1.82, 2.24) is 0 Å². The van der Waals surface area contributed by atoms with Crippen LogP contribution in [0.4, 0.5) is 0 Å². The third-order valence-corrected chi connectivity index (χ3v) is 20.8. The van der Waals surface area contributed by atoms with Gasteiger partial charge in [-0.15, -0.1) is 0 Å². The maximum atomic E-state index is 17.4. The highest BCUT2D eigenvalue weighted by molar-refractivity contribution is 6.39. The van der Waals surface area contributed by atoms with Gasteiger partial charge in [0.15, 0.2) is 11.6 Å². The lowest BCUT2D eigenvalue weighted by Crippen LogP contribution is -2.28. The van der Waals surface area contributed by atoms with Crippen molar-refractivity contribution < 1.29 is 9.59 Å². The van der Waals surface area contributed by atoms with Crippen LogP contribution in [0, 0.1) is 0 Å². The number of rotatable bonds is 44. The molecule has 0 fully saturated rings. The molecular weight excluding hydrogens is 1060 g/mol. The molecule has 88 heavy (non-hydrogen) atoms. The van der Waals surface area contributed by atoms with Crippen LogP contribution in [0.15, 0.2) is 97.1 Å². The molecule has 472 valence electrons. The van der Waals surface area contributed by atoms with Gasteiger partial charge in [0.05, 0.1) is 0 Å². The van der Waals surface area contributed by atoms with Crippen molar-refractivity contribution in [2.75, 3.05) is 0 Å². The molecule has 2 heteroatoms. The molecular formula is C86H116O2. The lowest BCUT2D eigenvalue weighted by atomic mass is 9.69. The van der Waals surface area contributed by atoms with E-state index in [1.807, 2.05) is 0 Å². The molecule has 1 aliphatic carbocycles. The summed E-state index contributed by atoms with van der Waals surface area (Å²) in [6, 6.07) is 36.3. The molecule has 0 aliphatic heterocycles. The molecule has 8 aromatic carbocycles. The zero-order chi connectivity index (χ0) is 61.1. The van der Waals surface area contributed by atoms with E-state index in [9.17, 15) is 0 Å². The van der Waals surface area contributed by atoms with E-state index < -0.39 is 0 Å². The minimum Gasteiger partial charge on any atom is -0.289 e. The molecule has 0 saturated heterocycles. The van der Waals surface area contributed by atoms with Crippen molar-refractivity contribution in [3.8, 4) is 0 Å². The normalized spacial score (nSPS) is 12.5. The predicted octanol–water partition coefficient (Wildman–Crippen LogP) is 27.2. The second kappa shape index (κ2) is 36.5. The highest BCUT2D eigenvalue weighted by Gasteiger charge is 2.40. The summed E-state index contributed by atoms with van der Waals surface area (Å²) in [7, 11) is 0. The minimum atomic E-state index is 0.140. The average Bonchev–Trinajstić information content (AvgIpc) is 0.715. The summed E-state index contributed by atoms with van der Waals surface area (Å²) in [5, 5.41) is 14.9. The van der Waals surface area contributed by atoms with Crippen LogP contribution in [0.5, 0.6) is 0 Å². The lowest BCUT2D eigenvalue weighted by molar-refractivity contribution is 0.0976. The smallest absolute Gasteiger partial charge is 0.195 e. The standard InChI is InChI=1S/C86H116O2/c1-5-9-13-17-21-25-29-33-37-41-61-73-77-69-57-49-45-53-65(69)66-54-46-50-58-70(66)78(77)74(62-42-38-34-30-26-22-18-14-10-6-2)82-81(73)85(87)83-75(63-43-39-35-31-27-23-19-15-11-7-3)79-71-59-51-47-55-67(71)68-56-48-52-60-72(68)80(79)76(84(83)86(82)88)64-44-40-36-32-28-24-20-16-12-8-4/h45-60H,5-44,61-64H2,1-4H3. The Bertz CT molecular complexity index is 3020. The van der Waals surface area contributed by atoms with Gasteiger partial charge in [-0.3, -0.25) is 9.59 Å². The molecule has 0 spiro atoms. The van der Waals surface area contributed by atoms with E-state index in [1.54, 1.807) is 0 Å². The molecule has 0 amide bonds. The molecule has 0 aromatic heterocycles. The number of hydrogen-bond donors (Lipinski definition) is 0. The van der Waals surface area contributed by atoms with E-state index in [0.717, 1.165) is 122 Å². The Balaban J connectivity index is 1.23. The second-order valence-electron chi connectivity index (χ2n) is 27.5. The zero-order valence-electron chi connectivity index (χ0n) is 56.2. The van der Waals surface area contributed by atoms with Crippen LogP contribution in [0.3, 0.4) is 0 Å². The van der Waals surface area contributed by atoms with Crippen molar-refractivity contribution in [3.63, 3.8) is 0 Å². The van der Waals surface area contributed by atoms with E-state index in [4.69, 9.17) is 0 Å². The van der Waals surface area contributed by atoms with Crippen molar-refractivity contribution in [2.24, 2.45) is 0 Å². The third-order valence-electron chi connectivity index (χ3n) is 20.8. The Labute approximate surface area is 534 Å². The van der Waals surface area contributed by atoms with Gasteiger partial charge in [-0.2, -0.15) is 0 Å². The van der Waals surface area contributed by atoms with Gasteiger partial charge in [0.1, 0.15) is 0 Å². The number of aryl methyl sites for hydroxylation is 4. The summed E-state index contributed by atoms with van der Waals surface area (Å²) in [4.78, 5) is 34.8. The summed E-state index contributed by atoms with van der Waals surface area (Å²) >= 11 is 0. The van der Waals surface area contributed by atoms with Crippen molar-refractivity contribution >= 4 is 76.2 Å². The van der Waals surface area contributed by atoms with E-state index in [0.29, 0.717) is 0 Å². The third kappa shape index (κ3) is 16.8. The Morgan fingerprint density at radius 2 is 0.341 bits per heavy atom. The molecule has 2 nitrogen and oxygen atoms in total. The van der Waals surface area contributed by atoms with Crippen LogP contribution in [-0.4, -0.2) is 11.6 Å². The monoisotopic (exact) mass is 1180 g/mol. The summed E-state index contributed by atoms with van der Waals surface area (Å²) in [5.74, 6) is 0.279. The first-order chi connectivity index (χ1) is 43.5. The van der Waals surface area contributed by atoms with Crippen LogP contribution >= 0.6 is 0 Å². The highest BCUT2D eigenvalue weighted by Crippen LogP contribution is 2.50. The highest BCUT2D eigenvalue weighted by atomic mass is 16.1. The maximum Gasteiger partial charge on any atom is 0.195 e. The number of hydrogen-bond acceptors (Lipinski definition) is 2. The first-order valence-corrected chi connectivity index (χ1v) is 37.5. The molecule has 0 radical (unpaired) electrons. The number of fused-ring (bicyclic) bond motifs is 14. The molecule has 9 rings (SSSR count). The SMILES string of the molecule is CCCCCCCCCCCCc1c2c(c(CCCCCCCCCCCC)c3c4ccccc4c4ccccc4c13)C(=O)c1c(c(CCCCCCCCCCCC)c3c4ccccc4c4ccccc4c3c1CCCCCCCCCCCC)C2=O.